The minimum atomic E-state index is 0.601. The molecule has 0 aliphatic rings. The van der Waals surface area contributed by atoms with Crippen molar-refractivity contribution in [2.45, 2.75) is 0 Å². The van der Waals surface area contributed by atoms with Crippen molar-refractivity contribution < 1.29 is 0 Å². The molecule has 0 radical (unpaired) electrons. The van der Waals surface area contributed by atoms with Crippen LogP contribution in [0.25, 0.3) is 10.9 Å². The summed E-state index contributed by atoms with van der Waals surface area (Å²) in [5.74, 6) is 1.32. The standard InChI is InChI=1S/C14H11N5/c1-19-7-6-13(18-19)17-14-8-10(9-15)11-4-2-3-5-12(11)16-14/h2-8H,1H3,(H,16,17,18). The third-order valence-corrected chi connectivity index (χ3v) is 2.81. The van der Waals surface area contributed by atoms with E-state index in [1.165, 1.54) is 0 Å². The molecule has 0 bridgehead atoms. The predicted molar refractivity (Wildman–Crippen MR) is 72.9 cm³/mol. The van der Waals surface area contributed by atoms with Crippen molar-refractivity contribution in [3.05, 3.63) is 48.2 Å². The number of benzene rings is 1. The van der Waals surface area contributed by atoms with Crippen molar-refractivity contribution in [2.75, 3.05) is 5.32 Å². The Labute approximate surface area is 110 Å². The minimum Gasteiger partial charge on any atom is -0.323 e. The predicted octanol–water partition coefficient (Wildman–Crippen LogP) is 2.58. The fraction of sp³-hybridized carbons (Fsp3) is 0.0714. The zero-order valence-electron chi connectivity index (χ0n) is 10.3. The summed E-state index contributed by atoms with van der Waals surface area (Å²) >= 11 is 0. The highest BCUT2D eigenvalue weighted by atomic mass is 15.3. The number of fused-ring (bicyclic) bond motifs is 1. The van der Waals surface area contributed by atoms with Gasteiger partial charge in [0.05, 0.1) is 17.1 Å². The highest BCUT2D eigenvalue weighted by Gasteiger charge is 2.06. The van der Waals surface area contributed by atoms with Gasteiger partial charge in [0.15, 0.2) is 5.82 Å². The zero-order valence-corrected chi connectivity index (χ0v) is 10.3. The lowest BCUT2D eigenvalue weighted by Crippen LogP contribution is -1.97. The lowest BCUT2D eigenvalue weighted by atomic mass is 10.1. The molecule has 2 aromatic heterocycles. The number of para-hydroxylation sites is 1. The van der Waals surface area contributed by atoms with Gasteiger partial charge in [-0.15, -0.1) is 0 Å². The maximum atomic E-state index is 9.20. The van der Waals surface area contributed by atoms with Gasteiger partial charge in [-0.3, -0.25) is 4.68 Å². The van der Waals surface area contributed by atoms with Gasteiger partial charge in [-0.25, -0.2) is 4.98 Å². The van der Waals surface area contributed by atoms with Crippen LogP contribution in [0.5, 0.6) is 0 Å². The monoisotopic (exact) mass is 249 g/mol. The van der Waals surface area contributed by atoms with Gasteiger partial charge in [-0.05, 0) is 12.1 Å². The van der Waals surface area contributed by atoms with Crippen LogP contribution in [0.4, 0.5) is 11.6 Å². The molecule has 92 valence electrons. The molecule has 0 unspecified atom stereocenters. The van der Waals surface area contributed by atoms with E-state index in [4.69, 9.17) is 0 Å². The number of nitrogens with one attached hydrogen (secondary N) is 1. The molecule has 1 aromatic carbocycles. The number of pyridine rings is 1. The third kappa shape index (κ3) is 2.11. The van der Waals surface area contributed by atoms with Crippen molar-refractivity contribution in [2.24, 2.45) is 7.05 Å². The largest absolute Gasteiger partial charge is 0.323 e. The van der Waals surface area contributed by atoms with Crippen LogP contribution in [0, 0.1) is 11.3 Å². The highest BCUT2D eigenvalue weighted by molar-refractivity contribution is 5.86. The van der Waals surface area contributed by atoms with Gasteiger partial charge in [-0.2, -0.15) is 10.4 Å². The van der Waals surface area contributed by atoms with Gasteiger partial charge < -0.3 is 5.32 Å². The van der Waals surface area contributed by atoms with E-state index in [0.29, 0.717) is 17.2 Å². The molecular formula is C14H11N5. The van der Waals surface area contributed by atoms with Crippen LogP contribution in [0.15, 0.2) is 42.6 Å². The summed E-state index contributed by atoms with van der Waals surface area (Å²) in [6, 6.07) is 13.4. The van der Waals surface area contributed by atoms with E-state index in [1.807, 2.05) is 43.6 Å². The average Bonchev–Trinajstić information content (AvgIpc) is 2.83. The first-order valence-corrected chi connectivity index (χ1v) is 5.83. The van der Waals surface area contributed by atoms with E-state index >= 15 is 0 Å². The van der Waals surface area contributed by atoms with Crippen LogP contribution >= 0.6 is 0 Å². The van der Waals surface area contributed by atoms with Crippen LogP contribution in [-0.4, -0.2) is 14.8 Å². The summed E-state index contributed by atoms with van der Waals surface area (Å²) < 4.78 is 1.70. The second-order valence-electron chi connectivity index (χ2n) is 4.18. The molecule has 2 heterocycles. The molecule has 0 atom stereocenters. The summed E-state index contributed by atoms with van der Waals surface area (Å²) in [4.78, 5) is 4.48. The minimum absolute atomic E-state index is 0.601. The first-order valence-electron chi connectivity index (χ1n) is 5.83. The fourth-order valence-electron chi connectivity index (χ4n) is 1.94. The van der Waals surface area contributed by atoms with E-state index in [2.05, 4.69) is 21.5 Å². The van der Waals surface area contributed by atoms with Crippen molar-refractivity contribution in [1.82, 2.24) is 14.8 Å². The quantitative estimate of drug-likeness (QED) is 0.758. The second kappa shape index (κ2) is 4.42. The van der Waals surface area contributed by atoms with Crippen LogP contribution in [0.1, 0.15) is 5.56 Å². The normalized spacial score (nSPS) is 10.3. The Bertz CT molecular complexity index is 782. The maximum Gasteiger partial charge on any atom is 0.153 e. The number of hydrogen-bond acceptors (Lipinski definition) is 4. The Morgan fingerprint density at radius 3 is 2.79 bits per heavy atom. The molecule has 3 aromatic rings. The van der Waals surface area contributed by atoms with Gasteiger partial charge in [0.2, 0.25) is 0 Å². The first-order chi connectivity index (χ1) is 9.26. The molecule has 5 heteroatoms. The second-order valence-corrected chi connectivity index (χ2v) is 4.18. The summed E-state index contributed by atoms with van der Waals surface area (Å²) in [7, 11) is 1.85. The SMILES string of the molecule is Cn1ccc(Nc2cc(C#N)c3ccccc3n2)n1. The van der Waals surface area contributed by atoms with E-state index in [-0.39, 0.29) is 0 Å². The molecule has 0 aliphatic carbocycles. The third-order valence-electron chi connectivity index (χ3n) is 2.81. The van der Waals surface area contributed by atoms with Crippen LogP contribution < -0.4 is 5.32 Å². The Morgan fingerprint density at radius 2 is 2.05 bits per heavy atom. The van der Waals surface area contributed by atoms with Crippen LogP contribution in [0.2, 0.25) is 0 Å². The molecule has 5 nitrogen and oxygen atoms in total. The molecule has 3 rings (SSSR count). The number of nitrogens with zero attached hydrogens (tertiary/aromatic N) is 4. The van der Waals surface area contributed by atoms with Crippen molar-refractivity contribution in [1.29, 1.82) is 5.26 Å². The molecular weight excluding hydrogens is 238 g/mol. The van der Waals surface area contributed by atoms with Gasteiger partial charge in [0.25, 0.3) is 0 Å². The van der Waals surface area contributed by atoms with E-state index in [1.54, 1.807) is 10.7 Å². The van der Waals surface area contributed by atoms with Gasteiger partial charge in [0.1, 0.15) is 5.82 Å². The Hall–Kier alpha value is -2.87. The highest BCUT2D eigenvalue weighted by Crippen LogP contribution is 2.21. The summed E-state index contributed by atoms with van der Waals surface area (Å²) in [5.41, 5.74) is 1.39. The van der Waals surface area contributed by atoms with E-state index in [0.717, 1.165) is 10.9 Å². The molecule has 19 heavy (non-hydrogen) atoms. The van der Waals surface area contributed by atoms with Gasteiger partial charge in [0, 0.05) is 24.7 Å². The zero-order chi connectivity index (χ0) is 13.2. The molecule has 0 amide bonds. The summed E-state index contributed by atoms with van der Waals surface area (Å²) in [6.45, 7) is 0. The van der Waals surface area contributed by atoms with E-state index < -0.39 is 0 Å². The summed E-state index contributed by atoms with van der Waals surface area (Å²) in [5, 5.41) is 17.4. The Balaban J connectivity index is 2.07. The van der Waals surface area contributed by atoms with E-state index in [9.17, 15) is 5.26 Å². The molecule has 1 N–H and O–H groups in total. The number of aromatic nitrogens is 3. The lowest BCUT2D eigenvalue weighted by Gasteiger charge is -2.05. The van der Waals surface area contributed by atoms with Crippen LogP contribution in [-0.2, 0) is 7.05 Å². The number of aryl methyl sites for hydroxylation is 1. The first kappa shape index (κ1) is 11.2. The number of rotatable bonds is 2. The number of nitriles is 1. The molecule has 0 aliphatic heterocycles. The average molecular weight is 249 g/mol. The smallest absolute Gasteiger partial charge is 0.153 e. The summed E-state index contributed by atoms with van der Waals surface area (Å²) in [6.07, 6.45) is 1.84. The van der Waals surface area contributed by atoms with Gasteiger partial charge in [-0.1, -0.05) is 18.2 Å². The number of hydrogen-bond donors (Lipinski definition) is 1. The Kier molecular flexibility index (Phi) is 2.62. The molecule has 0 saturated heterocycles. The maximum absolute atomic E-state index is 9.20. The van der Waals surface area contributed by atoms with Crippen molar-refractivity contribution in [3.8, 4) is 6.07 Å². The lowest BCUT2D eigenvalue weighted by molar-refractivity contribution is 0.771. The molecule has 0 fully saturated rings. The van der Waals surface area contributed by atoms with Crippen LogP contribution in [0.3, 0.4) is 0 Å². The van der Waals surface area contributed by atoms with Gasteiger partial charge >= 0.3 is 0 Å². The topological polar surface area (TPSA) is 66.5 Å². The van der Waals surface area contributed by atoms with Crippen molar-refractivity contribution in [3.63, 3.8) is 0 Å². The Morgan fingerprint density at radius 1 is 1.21 bits per heavy atom. The fourth-order valence-corrected chi connectivity index (χ4v) is 1.94. The molecule has 0 spiro atoms. The molecule has 0 saturated carbocycles. The van der Waals surface area contributed by atoms with Crippen molar-refractivity contribution >= 4 is 22.5 Å². The number of anilines is 2.